The molecule has 158 valence electrons. The standard InChI is InChI=1S/C21H30N4O3S/c1-3-17-8-18-19(29-17)4-7-28-21(18)5-6-24(15(2)9-21)10-16-11-25(23-22-16)20(12-26)13-27-14-20/h8,11,15,26H,3-7,9-10,12-14H2,1-2H3/t15-,21+/m0/s1. The van der Waals surface area contributed by atoms with Gasteiger partial charge in [-0.2, -0.15) is 0 Å². The number of aryl methyl sites for hydroxylation is 1. The predicted octanol–water partition coefficient (Wildman–Crippen LogP) is 2.07. The van der Waals surface area contributed by atoms with Crippen LogP contribution in [-0.2, 0) is 40.0 Å². The quantitative estimate of drug-likeness (QED) is 0.802. The monoisotopic (exact) mass is 418 g/mol. The van der Waals surface area contributed by atoms with E-state index in [1.54, 1.807) is 4.68 Å². The Morgan fingerprint density at radius 2 is 2.24 bits per heavy atom. The van der Waals surface area contributed by atoms with Gasteiger partial charge in [0.05, 0.1) is 43.9 Å². The number of likely N-dealkylation sites (tertiary alicyclic amines) is 1. The van der Waals surface area contributed by atoms with Crippen LogP contribution in [0.2, 0.25) is 0 Å². The summed E-state index contributed by atoms with van der Waals surface area (Å²) in [5.41, 5.74) is 1.86. The first-order chi connectivity index (χ1) is 14.1. The normalized spacial score (nSPS) is 29.0. The minimum atomic E-state index is -0.426. The molecule has 3 aliphatic heterocycles. The van der Waals surface area contributed by atoms with Crippen LogP contribution in [0, 0.1) is 0 Å². The summed E-state index contributed by atoms with van der Waals surface area (Å²) >= 11 is 1.98. The number of aromatic nitrogens is 3. The number of fused-ring (bicyclic) bond motifs is 2. The molecule has 29 heavy (non-hydrogen) atoms. The van der Waals surface area contributed by atoms with Crippen molar-refractivity contribution in [3.63, 3.8) is 0 Å². The van der Waals surface area contributed by atoms with E-state index in [0.29, 0.717) is 19.3 Å². The number of hydrogen-bond acceptors (Lipinski definition) is 7. The van der Waals surface area contributed by atoms with Crippen molar-refractivity contribution >= 4 is 11.3 Å². The molecule has 5 heterocycles. The molecular weight excluding hydrogens is 388 g/mol. The van der Waals surface area contributed by atoms with Gasteiger partial charge in [0.2, 0.25) is 0 Å². The van der Waals surface area contributed by atoms with E-state index >= 15 is 0 Å². The number of thiophene rings is 1. The molecule has 2 atom stereocenters. The lowest BCUT2D eigenvalue weighted by Gasteiger charge is -2.47. The maximum absolute atomic E-state index is 9.71. The molecule has 1 N–H and O–H groups in total. The van der Waals surface area contributed by atoms with Crippen molar-refractivity contribution in [2.24, 2.45) is 0 Å². The summed E-state index contributed by atoms with van der Waals surface area (Å²) < 4.78 is 13.5. The molecular formula is C21H30N4O3S. The summed E-state index contributed by atoms with van der Waals surface area (Å²) in [4.78, 5) is 5.49. The summed E-state index contributed by atoms with van der Waals surface area (Å²) in [7, 11) is 0. The first-order valence-corrected chi connectivity index (χ1v) is 11.5. The third kappa shape index (κ3) is 3.25. The van der Waals surface area contributed by atoms with Crippen LogP contribution >= 0.6 is 11.3 Å². The third-order valence-corrected chi connectivity index (χ3v) is 8.23. The van der Waals surface area contributed by atoms with Crippen LogP contribution in [0.4, 0.5) is 0 Å². The summed E-state index contributed by atoms with van der Waals surface area (Å²) in [5.74, 6) is 0. The molecule has 0 amide bonds. The Balaban J connectivity index is 1.29. The number of aliphatic hydroxyl groups excluding tert-OH is 1. The van der Waals surface area contributed by atoms with Gasteiger partial charge in [-0.25, -0.2) is 4.68 Å². The number of nitrogens with zero attached hydrogens (tertiary/aromatic N) is 4. The summed E-state index contributed by atoms with van der Waals surface area (Å²) in [6, 6.07) is 2.81. The van der Waals surface area contributed by atoms with Crippen molar-refractivity contribution < 1.29 is 14.6 Å². The fourth-order valence-corrected chi connectivity index (χ4v) is 6.13. The Morgan fingerprint density at radius 1 is 1.38 bits per heavy atom. The molecule has 2 aromatic heterocycles. The van der Waals surface area contributed by atoms with Crippen LogP contribution in [0.3, 0.4) is 0 Å². The molecule has 3 aliphatic rings. The second kappa shape index (κ2) is 7.42. The largest absolute Gasteiger partial charge is 0.394 e. The van der Waals surface area contributed by atoms with Crippen LogP contribution < -0.4 is 0 Å². The highest BCUT2D eigenvalue weighted by atomic mass is 32.1. The minimum absolute atomic E-state index is 0.0263. The maximum atomic E-state index is 9.71. The Bertz CT molecular complexity index is 872. The van der Waals surface area contributed by atoms with Crippen LogP contribution in [0.1, 0.15) is 47.7 Å². The van der Waals surface area contributed by atoms with E-state index in [9.17, 15) is 5.11 Å². The average molecular weight is 419 g/mol. The fourth-order valence-electron chi connectivity index (χ4n) is 4.95. The van der Waals surface area contributed by atoms with Gasteiger partial charge in [-0.05, 0) is 37.8 Å². The molecule has 8 heteroatoms. The molecule has 1 spiro atoms. The summed E-state index contributed by atoms with van der Waals surface area (Å²) in [5, 5.41) is 18.4. The highest BCUT2D eigenvalue weighted by Crippen LogP contribution is 2.46. The highest BCUT2D eigenvalue weighted by molar-refractivity contribution is 7.12. The van der Waals surface area contributed by atoms with Crippen LogP contribution in [0.5, 0.6) is 0 Å². The summed E-state index contributed by atoms with van der Waals surface area (Å²) in [6.45, 7) is 8.14. The zero-order valence-corrected chi connectivity index (χ0v) is 18.1. The van der Waals surface area contributed by atoms with Gasteiger partial charge in [-0.15, -0.1) is 16.4 Å². The van der Waals surface area contributed by atoms with E-state index in [-0.39, 0.29) is 12.2 Å². The van der Waals surface area contributed by atoms with Crippen molar-refractivity contribution in [1.29, 1.82) is 0 Å². The van der Waals surface area contributed by atoms with Crippen LogP contribution in [0.25, 0.3) is 0 Å². The molecule has 0 saturated carbocycles. The van der Waals surface area contributed by atoms with E-state index in [1.165, 1.54) is 15.3 Å². The van der Waals surface area contributed by atoms with Crippen LogP contribution in [-0.4, -0.2) is 64.0 Å². The van der Waals surface area contributed by atoms with Crippen molar-refractivity contribution in [3.05, 3.63) is 33.3 Å². The van der Waals surface area contributed by atoms with Gasteiger partial charge in [-0.1, -0.05) is 12.1 Å². The Morgan fingerprint density at radius 3 is 2.93 bits per heavy atom. The van der Waals surface area contributed by atoms with Gasteiger partial charge < -0.3 is 14.6 Å². The Kier molecular flexibility index (Phi) is 5.03. The molecule has 0 bridgehead atoms. The molecule has 2 aromatic rings. The van der Waals surface area contributed by atoms with Gasteiger partial charge in [0, 0.05) is 35.3 Å². The zero-order valence-electron chi connectivity index (χ0n) is 17.3. The molecule has 2 fully saturated rings. The zero-order chi connectivity index (χ0) is 20.1. The first kappa shape index (κ1) is 19.6. The number of aliphatic hydroxyl groups is 1. The number of ether oxygens (including phenoxy) is 2. The molecule has 5 rings (SSSR count). The van der Waals surface area contributed by atoms with Gasteiger partial charge >= 0.3 is 0 Å². The molecule has 0 radical (unpaired) electrons. The van der Waals surface area contributed by atoms with E-state index < -0.39 is 5.54 Å². The van der Waals surface area contributed by atoms with E-state index in [4.69, 9.17) is 9.47 Å². The Hall–Kier alpha value is -1.32. The lowest BCUT2D eigenvalue weighted by Crippen LogP contribution is -2.54. The van der Waals surface area contributed by atoms with Crippen molar-refractivity contribution in [2.45, 2.75) is 63.3 Å². The van der Waals surface area contributed by atoms with E-state index in [2.05, 4.69) is 35.1 Å². The number of rotatable bonds is 5. The van der Waals surface area contributed by atoms with Crippen molar-refractivity contribution in [3.8, 4) is 0 Å². The summed E-state index contributed by atoms with van der Waals surface area (Å²) in [6.07, 6.45) is 6.16. The minimum Gasteiger partial charge on any atom is -0.394 e. The van der Waals surface area contributed by atoms with Gasteiger partial charge in [0.1, 0.15) is 5.54 Å². The lowest BCUT2D eigenvalue weighted by molar-refractivity contribution is -0.130. The van der Waals surface area contributed by atoms with Gasteiger partial charge in [-0.3, -0.25) is 4.90 Å². The third-order valence-electron chi connectivity index (χ3n) is 6.89. The number of hydrogen-bond donors (Lipinski definition) is 1. The first-order valence-electron chi connectivity index (χ1n) is 10.7. The topological polar surface area (TPSA) is 72.6 Å². The highest BCUT2D eigenvalue weighted by Gasteiger charge is 2.45. The molecule has 0 aliphatic carbocycles. The van der Waals surface area contributed by atoms with Crippen molar-refractivity contribution in [2.75, 3.05) is 33.0 Å². The Labute approximate surface area is 175 Å². The second-order valence-electron chi connectivity index (χ2n) is 8.80. The van der Waals surface area contributed by atoms with E-state index in [0.717, 1.165) is 51.1 Å². The van der Waals surface area contributed by atoms with Gasteiger partial charge in [0.15, 0.2) is 0 Å². The number of piperidine rings is 1. The predicted molar refractivity (Wildman–Crippen MR) is 110 cm³/mol. The SMILES string of the molecule is CCc1cc2c(s1)CCO[C@@]21CCN(Cc2cn(C3(CO)COC3)nn2)[C@@H](C)C1. The smallest absolute Gasteiger partial charge is 0.134 e. The van der Waals surface area contributed by atoms with Crippen LogP contribution in [0.15, 0.2) is 12.3 Å². The molecule has 0 aromatic carbocycles. The fraction of sp³-hybridized carbons (Fsp3) is 0.714. The molecule has 2 saturated heterocycles. The lowest BCUT2D eigenvalue weighted by atomic mass is 9.79. The second-order valence-corrected chi connectivity index (χ2v) is 10.0. The average Bonchev–Trinajstić information content (AvgIpc) is 3.32. The molecule has 0 unspecified atom stereocenters. The molecule has 7 nitrogen and oxygen atoms in total. The van der Waals surface area contributed by atoms with E-state index in [1.807, 2.05) is 17.5 Å². The van der Waals surface area contributed by atoms with Gasteiger partial charge in [0.25, 0.3) is 0 Å². The maximum Gasteiger partial charge on any atom is 0.134 e. The van der Waals surface area contributed by atoms with Crippen molar-refractivity contribution in [1.82, 2.24) is 19.9 Å².